The fraction of sp³-hybridized carbons (Fsp3) is 0.522. The highest BCUT2D eigenvalue weighted by Crippen LogP contribution is 2.34. The number of nitrogens with zero attached hydrogens (tertiary/aromatic N) is 10. The number of carbonyl (C=O) groups is 1. The second kappa shape index (κ2) is 8.43. The van der Waals surface area contributed by atoms with E-state index in [0.717, 1.165) is 48.5 Å². The van der Waals surface area contributed by atoms with E-state index in [1.807, 2.05) is 57.0 Å². The molecular weight excluding hydrogens is 446 g/mol. The molecule has 1 amide bonds. The number of amides is 1. The van der Waals surface area contributed by atoms with Gasteiger partial charge in [0.15, 0.2) is 5.82 Å². The van der Waals surface area contributed by atoms with Crippen LogP contribution in [0.3, 0.4) is 0 Å². The number of tetrazole rings is 1. The SMILES string of the molecule is Cn1cc(-c2cn3nccc3c(N3CCC(C)(CNC(=O)c4nnn(C(C)(C)C)n4)CC3)n2)cn1. The zero-order valence-corrected chi connectivity index (χ0v) is 20.8. The number of fused-ring (bicyclic) bond motifs is 1. The van der Waals surface area contributed by atoms with Gasteiger partial charge in [-0.3, -0.25) is 9.48 Å². The second-order valence-electron chi connectivity index (χ2n) is 10.6. The van der Waals surface area contributed by atoms with Crippen molar-refractivity contribution < 1.29 is 4.79 Å². The highest BCUT2D eigenvalue weighted by molar-refractivity contribution is 5.90. The van der Waals surface area contributed by atoms with Gasteiger partial charge in [-0.25, -0.2) is 9.50 Å². The van der Waals surface area contributed by atoms with Crippen molar-refractivity contribution in [1.29, 1.82) is 0 Å². The molecule has 1 fully saturated rings. The van der Waals surface area contributed by atoms with Gasteiger partial charge in [0.1, 0.15) is 5.52 Å². The van der Waals surface area contributed by atoms with Crippen LogP contribution in [0.5, 0.6) is 0 Å². The van der Waals surface area contributed by atoms with Gasteiger partial charge in [0.25, 0.3) is 11.7 Å². The number of rotatable bonds is 5. The Hall–Kier alpha value is -3.83. The zero-order chi connectivity index (χ0) is 24.8. The molecular formula is C23H31N11O. The van der Waals surface area contributed by atoms with Crippen LogP contribution in [-0.4, -0.2) is 70.1 Å². The Balaban J connectivity index is 1.26. The quantitative estimate of drug-likeness (QED) is 0.462. The monoisotopic (exact) mass is 477 g/mol. The minimum Gasteiger partial charge on any atom is -0.355 e. The average Bonchev–Trinajstić information content (AvgIpc) is 3.57. The van der Waals surface area contributed by atoms with Crippen LogP contribution in [0.1, 0.15) is 51.2 Å². The number of aryl methyl sites for hydroxylation is 1. The van der Waals surface area contributed by atoms with E-state index >= 15 is 0 Å². The molecule has 12 nitrogen and oxygen atoms in total. The lowest BCUT2D eigenvalue weighted by molar-refractivity contribution is 0.0913. The molecule has 0 saturated carbocycles. The number of aromatic nitrogens is 9. The Morgan fingerprint density at radius 1 is 1.17 bits per heavy atom. The van der Waals surface area contributed by atoms with Crippen molar-refractivity contribution in [1.82, 2.24) is 49.9 Å². The van der Waals surface area contributed by atoms with Crippen LogP contribution in [0.2, 0.25) is 0 Å². The predicted molar refractivity (Wildman–Crippen MR) is 130 cm³/mol. The molecule has 4 aromatic rings. The van der Waals surface area contributed by atoms with Crippen molar-refractivity contribution in [2.45, 2.75) is 46.1 Å². The normalized spacial score (nSPS) is 16.1. The summed E-state index contributed by atoms with van der Waals surface area (Å²) in [6.07, 6.45) is 9.31. The Morgan fingerprint density at radius 2 is 1.94 bits per heavy atom. The highest BCUT2D eigenvalue weighted by Gasteiger charge is 2.32. The third-order valence-corrected chi connectivity index (χ3v) is 6.53. The predicted octanol–water partition coefficient (Wildman–Crippen LogP) is 1.91. The first-order valence-electron chi connectivity index (χ1n) is 11.8. The van der Waals surface area contributed by atoms with Gasteiger partial charge in [0, 0.05) is 38.4 Å². The summed E-state index contributed by atoms with van der Waals surface area (Å²) >= 11 is 0. The smallest absolute Gasteiger partial charge is 0.292 e. The first-order chi connectivity index (χ1) is 16.6. The summed E-state index contributed by atoms with van der Waals surface area (Å²) in [5.74, 6) is 0.717. The number of piperidine rings is 1. The van der Waals surface area contributed by atoms with Crippen LogP contribution >= 0.6 is 0 Å². The zero-order valence-electron chi connectivity index (χ0n) is 20.8. The standard InChI is InChI=1S/C23H31N11O/c1-22(2,3)34-29-19(28-30-34)21(35)24-15-23(4)7-10-32(11-8-23)20-18-6-9-25-33(18)14-17(27-20)16-12-26-31(5)13-16/h6,9,12-14H,7-8,10-11,15H2,1-5H3,(H,24,35). The van der Waals surface area contributed by atoms with Crippen LogP contribution in [0.25, 0.3) is 16.8 Å². The largest absolute Gasteiger partial charge is 0.355 e. The molecule has 5 rings (SSSR count). The minimum absolute atomic E-state index is 0.0380. The van der Waals surface area contributed by atoms with E-state index in [0.29, 0.717) is 6.54 Å². The molecule has 12 heteroatoms. The number of hydrogen-bond acceptors (Lipinski definition) is 8. The molecule has 4 aromatic heterocycles. The molecule has 35 heavy (non-hydrogen) atoms. The van der Waals surface area contributed by atoms with Gasteiger partial charge in [-0.2, -0.15) is 15.0 Å². The average molecular weight is 478 g/mol. The van der Waals surface area contributed by atoms with E-state index in [2.05, 4.69) is 42.7 Å². The summed E-state index contributed by atoms with van der Waals surface area (Å²) in [5, 5.41) is 23.9. The summed E-state index contributed by atoms with van der Waals surface area (Å²) in [7, 11) is 1.89. The topological polar surface area (TPSA) is 124 Å². The van der Waals surface area contributed by atoms with E-state index in [9.17, 15) is 4.79 Å². The lowest BCUT2D eigenvalue weighted by atomic mass is 9.80. The van der Waals surface area contributed by atoms with Gasteiger partial charge in [-0.05, 0) is 50.3 Å². The van der Waals surface area contributed by atoms with Crippen LogP contribution in [0.4, 0.5) is 5.82 Å². The van der Waals surface area contributed by atoms with E-state index in [1.165, 1.54) is 4.80 Å². The maximum Gasteiger partial charge on any atom is 0.292 e. The molecule has 184 valence electrons. The fourth-order valence-electron chi connectivity index (χ4n) is 4.23. The van der Waals surface area contributed by atoms with Gasteiger partial charge in [0.2, 0.25) is 0 Å². The number of anilines is 1. The molecule has 0 bridgehead atoms. The van der Waals surface area contributed by atoms with Crippen molar-refractivity contribution in [3.63, 3.8) is 0 Å². The summed E-state index contributed by atoms with van der Waals surface area (Å²) in [5.41, 5.74) is 2.40. The van der Waals surface area contributed by atoms with Crippen LogP contribution < -0.4 is 10.2 Å². The Bertz CT molecular complexity index is 1350. The molecule has 0 radical (unpaired) electrons. The molecule has 1 saturated heterocycles. The van der Waals surface area contributed by atoms with Crippen LogP contribution in [-0.2, 0) is 12.6 Å². The van der Waals surface area contributed by atoms with Crippen LogP contribution in [0.15, 0.2) is 30.9 Å². The summed E-state index contributed by atoms with van der Waals surface area (Å²) in [4.78, 5) is 21.4. The van der Waals surface area contributed by atoms with Gasteiger partial charge < -0.3 is 10.2 Å². The first kappa shape index (κ1) is 22.9. The molecule has 0 aromatic carbocycles. The molecule has 1 aliphatic rings. The van der Waals surface area contributed by atoms with Crippen molar-refractivity contribution in [3.8, 4) is 11.3 Å². The van der Waals surface area contributed by atoms with Crippen molar-refractivity contribution >= 4 is 17.2 Å². The number of hydrogen-bond donors (Lipinski definition) is 1. The second-order valence-corrected chi connectivity index (χ2v) is 10.6. The van der Waals surface area contributed by atoms with Crippen molar-refractivity contribution in [2.75, 3.05) is 24.5 Å². The number of nitrogens with one attached hydrogen (secondary N) is 1. The molecule has 0 atom stereocenters. The van der Waals surface area contributed by atoms with E-state index < -0.39 is 0 Å². The lowest BCUT2D eigenvalue weighted by Gasteiger charge is -2.40. The Kier molecular flexibility index (Phi) is 5.53. The highest BCUT2D eigenvalue weighted by atomic mass is 16.2. The fourth-order valence-corrected chi connectivity index (χ4v) is 4.23. The molecule has 0 unspecified atom stereocenters. The molecule has 0 spiro atoms. The molecule has 0 aliphatic carbocycles. The third kappa shape index (κ3) is 4.60. The Labute approximate surface area is 203 Å². The van der Waals surface area contributed by atoms with Crippen molar-refractivity contribution in [3.05, 3.63) is 36.7 Å². The van der Waals surface area contributed by atoms with E-state index in [4.69, 9.17) is 4.98 Å². The molecule has 1 N–H and O–H groups in total. The summed E-state index contributed by atoms with van der Waals surface area (Å²) in [6, 6.07) is 1.99. The lowest BCUT2D eigenvalue weighted by Crippen LogP contribution is -2.45. The molecule has 5 heterocycles. The van der Waals surface area contributed by atoms with Gasteiger partial charge in [-0.15, -0.1) is 10.2 Å². The molecule has 1 aliphatic heterocycles. The maximum atomic E-state index is 12.6. The van der Waals surface area contributed by atoms with Crippen molar-refractivity contribution in [2.24, 2.45) is 12.5 Å². The van der Waals surface area contributed by atoms with Crippen LogP contribution in [0, 0.1) is 5.41 Å². The summed E-state index contributed by atoms with van der Waals surface area (Å²) < 4.78 is 3.64. The maximum absolute atomic E-state index is 12.6. The summed E-state index contributed by atoms with van der Waals surface area (Å²) in [6.45, 7) is 10.3. The first-order valence-corrected chi connectivity index (χ1v) is 11.8. The van der Waals surface area contributed by atoms with E-state index in [1.54, 1.807) is 10.9 Å². The Morgan fingerprint density at radius 3 is 2.60 bits per heavy atom. The van der Waals surface area contributed by atoms with Gasteiger partial charge in [-0.1, -0.05) is 6.92 Å². The van der Waals surface area contributed by atoms with Gasteiger partial charge >= 0.3 is 0 Å². The van der Waals surface area contributed by atoms with Gasteiger partial charge in [0.05, 0.1) is 29.8 Å². The third-order valence-electron chi connectivity index (χ3n) is 6.53. The minimum atomic E-state index is -0.326. The van der Waals surface area contributed by atoms with E-state index in [-0.39, 0.29) is 22.7 Å². The number of carbonyl (C=O) groups excluding carboxylic acids is 1.